The maximum absolute atomic E-state index is 11.1. The van der Waals surface area contributed by atoms with E-state index < -0.39 is 11.5 Å². The highest BCUT2D eigenvalue weighted by atomic mass is 16.5. The molecule has 0 aliphatic heterocycles. The first-order chi connectivity index (χ1) is 8.17. The number of ether oxygens (including phenoxy) is 2. The summed E-state index contributed by atoms with van der Waals surface area (Å²) in [7, 11) is 3.32. The molecule has 0 aromatic rings. The third-order valence-corrected chi connectivity index (χ3v) is 3.38. The van der Waals surface area contributed by atoms with Gasteiger partial charge in [-0.25, -0.2) is 0 Å². The fraction of sp³-hybridized carbons (Fsp3) is 0.923. The van der Waals surface area contributed by atoms with E-state index in [0.717, 1.165) is 6.42 Å². The molecule has 0 aliphatic carbocycles. The van der Waals surface area contributed by atoms with Crippen molar-refractivity contribution >= 4 is 5.97 Å². The van der Waals surface area contributed by atoms with Gasteiger partial charge in [0.15, 0.2) is 0 Å². The van der Waals surface area contributed by atoms with Gasteiger partial charge in [0.2, 0.25) is 0 Å². The van der Waals surface area contributed by atoms with E-state index in [1.807, 2.05) is 20.8 Å². The molecule has 0 aliphatic rings. The van der Waals surface area contributed by atoms with Crippen LogP contribution in [0, 0.1) is 0 Å². The molecule has 0 bridgehead atoms. The number of carboxylic acid groups (broad SMARTS) is 1. The predicted octanol–water partition coefficient (Wildman–Crippen LogP) is 1.66. The van der Waals surface area contributed by atoms with Gasteiger partial charge in [0, 0.05) is 20.1 Å². The van der Waals surface area contributed by atoms with Crippen molar-refractivity contribution in [3.05, 3.63) is 0 Å². The minimum atomic E-state index is -0.948. The minimum absolute atomic E-state index is 0.119. The van der Waals surface area contributed by atoms with E-state index in [1.54, 1.807) is 21.1 Å². The van der Waals surface area contributed by atoms with Crippen LogP contribution in [0.1, 0.15) is 40.5 Å². The summed E-state index contributed by atoms with van der Waals surface area (Å²) in [6.45, 7) is 8.10. The van der Waals surface area contributed by atoms with E-state index in [-0.39, 0.29) is 11.7 Å². The van der Waals surface area contributed by atoms with Gasteiger partial charge in [0.05, 0.1) is 11.7 Å². The molecule has 0 rings (SSSR count). The molecule has 108 valence electrons. The van der Waals surface area contributed by atoms with Crippen molar-refractivity contribution < 1.29 is 19.4 Å². The summed E-state index contributed by atoms with van der Waals surface area (Å²) in [6, 6.07) is 0. The Bertz CT molecular complexity index is 268. The average molecular weight is 261 g/mol. The highest BCUT2D eigenvalue weighted by Gasteiger charge is 2.33. The Morgan fingerprint density at radius 2 is 1.94 bits per heavy atom. The Morgan fingerprint density at radius 3 is 2.33 bits per heavy atom. The van der Waals surface area contributed by atoms with Crippen LogP contribution >= 0.6 is 0 Å². The second kappa shape index (κ2) is 7.07. The second-order valence-corrected chi connectivity index (χ2v) is 5.49. The molecule has 0 heterocycles. The average Bonchev–Trinajstić information content (AvgIpc) is 2.28. The summed E-state index contributed by atoms with van der Waals surface area (Å²) in [6.07, 6.45) is 1.08. The van der Waals surface area contributed by atoms with E-state index in [4.69, 9.17) is 14.6 Å². The molecule has 0 fully saturated rings. The molecule has 0 amide bonds. The standard InChI is InChI=1S/C13H27NO4/c1-10(9-13(4,14-5)11(15)16)18-8-7-12(2,3)17-6/h10,14H,7-9H2,1-6H3,(H,15,16). The smallest absolute Gasteiger partial charge is 0.323 e. The number of carboxylic acids is 1. The van der Waals surface area contributed by atoms with Crippen LogP contribution < -0.4 is 5.32 Å². The maximum Gasteiger partial charge on any atom is 0.323 e. The molecule has 0 saturated carbocycles. The molecule has 2 N–H and O–H groups in total. The molecular formula is C13H27NO4. The van der Waals surface area contributed by atoms with Gasteiger partial charge in [-0.3, -0.25) is 4.79 Å². The van der Waals surface area contributed by atoms with Crippen LogP contribution in [0.2, 0.25) is 0 Å². The zero-order chi connectivity index (χ0) is 14.4. The fourth-order valence-corrected chi connectivity index (χ4v) is 1.54. The van der Waals surface area contributed by atoms with E-state index in [1.165, 1.54) is 0 Å². The Hall–Kier alpha value is -0.650. The molecule has 0 aromatic carbocycles. The maximum atomic E-state index is 11.1. The lowest BCUT2D eigenvalue weighted by Crippen LogP contribution is -2.49. The molecule has 5 heteroatoms. The number of nitrogens with one attached hydrogen (secondary N) is 1. The van der Waals surface area contributed by atoms with Crippen LogP contribution in [-0.2, 0) is 14.3 Å². The zero-order valence-electron chi connectivity index (χ0n) is 12.4. The van der Waals surface area contributed by atoms with Gasteiger partial charge < -0.3 is 19.9 Å². The number of carbonyl (C=O) groups is 1. The molecule has 2 atom stereocenters. The van der Waals surface area contributed by atoms with Crippen molar-refractivity contribution in [3.8, 4) is 0 Å². The van der Waals surface area contributed by atoms with Crippen molar-refractivity contribution in [1.29, 1.82) is 0 Å². The molecule has 18 heavy (non-hydrogen) atoms. The Balaban J connectivity index is 4.12. The lowest BCUT2D eigenvalue weighted by molar-refractivity contribution is -0.145. The number of likely N-dealkylation sites (N-methyl/N-ethyl adjacent to an activating group) is 1. The number of hydrogen-bond donors (Lipinski definition) is 2. The van der Waals surface area contributed by atoms with Crippen LogP contribution in [0.25, 0.3) is 0 Å². The fourth-order valence-electron chi connectivity index (χ4n) is 1.54. The van der Waals surface area contributed by atoms with Crippen LogP contribution in [0.5, 0.6) is 0 Å². The first-order valence-corrected chi connectivity index (χ1v) is 6.26. The lowest BCUT2D eigenvalue weighted by Gasteiger charge is -2.28. The van der Waals surface area contributed by atoms with Crippen molar-refractivity contribution in [2.45, 2.75) is 57.8 Å². The number of methoxy groups -OCH3 is 1. The van der Waals surface area contributed by atoms with Crippen molar-refractivity contribution in [1.82, 2.24) is 5.32 Å². The normalized spacial score (nSPS) is 17.2. The topological polar surface area (TPSA) is 67.8 Å². The molecule has 0 radical (unpaired) electrons. The summed E-state index contributed by atoms with van der Waals surface area (Å²) in [4.78, 5) is 11.1. The lowest BCUT2D eigenvalue weighted by atomic mass is 9.95. The Labute approximate surface area is 110 Å². The number of rotatable bonds is 9. The van der Waals surface area contributed by atoms with Crippen LogP contribution in [-0.4, -0.2) is 49.1 Å². The van der Waals surface area contributed by atoms with Crippen molar-refractivity contribution in [3.63, 3.8) is 0 Å². The third-order valence-electron chi connectivity index (χ3n) is 3.38. The first-order valence-electron chi connectivity index (χ1n) is 6.26. The molecule has 0 spiro atoms. The highest BCUT2D eigenvalue weighted by Crippen LogP contribution is 2.17. The van der Waals surface area contributed by atoms with Crippen LogP contribution in [0.4, 0.5) is 0 Å². The Kier molecular flexibility index (Phi) is 6.81. The predicted molar refractivity (Wildman–Crippen MR) is 70.8 cm³/mol. The van der Waals surface area contributed by atoms with Gasteiger partial charge in [0.1, 0.15) is 5.54 Å². The minimum Gasteiger partial charge on any atom is -0.480 e. The number of aliphatic carboxylic acids is 1. The molecule has 0 saturated heterocycles. The Morgan fingerprint density at radius 1 is 1.39 bits per heavy atom. The van der Waals surface area contributed by atoms with E-state index in [2.05, 4.69) is 5.32 Å². The van der Waals surface area contributed by atoms with Gasteiger partial charge in [0.25, 0.3) is 0 Å². The quantitative estimate of drug-likeness (QED) is 0.660. The van der Waals surface area contributed by atoms with Gasteiger partial charge in [-0.1, -0.05) is 0 Å². The summed E-state index contributed by atoms with van der Waals surface area (Å²) in [5.41, 5.74) is -1.16. The SMILES string of the molecule is CNC(C)(CC(C)OCCC(C)(C)OC)C(=O)O. The van der Waals surface area contributed by atoms with Crippen molar-refractivity contribution in [2.24, 2.45) is 0 Å². The van der Waals surface area contributed by atoms with E-state index >= 15 is 0 Å². The summed E-state index contributed by atoms with van der Waals surface area (Å²) in [5, 5.41) is 12.0. The molecule has 0 aromatic heterocycles. The van der Waals surface area contributed by atoms with E-state index in [9.17, 15) is 4.79 Å². The molecule has 2 unspecified atom stereocenters. The largest absolute Gasteiger partial charge is 0.480 e. The van der Waals surface area contributed by atoms with Gasteiger partial charge in [-0.2, -0.15) is 0 Å². The summed E-state index contributed by atoms with van der Waals surface area (Å²) >= 11 is 0. The van der Waals surface area contributed by atoms with E-state index in [0.29, 0.717) is 13.0 Å². The van der Waals surface area contributed by atoms with Gasteiger partial charge in [-0.15, -0.1) is 0 Å². The van der Waals surface area contributed by atoms with Gasteiger partial charge >= 0.3 is 5.97 Å². The second-order valence-electron chi connectivity index (χ2n) is 5.49. The first kappa shape index (κ1) is 17.4. The molecular weight excluding hydrogens is 234 g/mol. The highest BCUT2D eigenvalue weighted by molar-refractivity contribution is 5.78. The monoisotopic (exact) mass is 261 g/mol. The zero-order valence-corrected chi connectivity index (χ0v) is 12.4. The van der Waals surface area contributed by atoms with Crippen LogP contribution in [0.3, 0.4) is 0 Å². The van der Waals surface area contributed by atoms with Gasteiger partial charge in [-0.05, 0) is 41.2 Å². The summed E-state index contributed by atoms with van der Waals surface area (Å²) in [5.74, 6) is -0.863. The van der Waals surface area contributed by atoms with Crippen molar-refractivity contribution in [2.75, 3.05) is 20.8 Å². The number of hydrogen-bond acceptors (Lipinski definition) is 4. The summed E-state index contributed by atoms with van der Waals surface area (Å²) < 4.78 is 10.9. The third kappa shape index (κ3) is 5.80. The molecule has 5 nitrogen and oxygen atoms in total. The van der Waals surface area contributed by atoms with Crippen LogP contribution in [0.15, 0.2) is 0 Å².